The van der Waals surface area contributed by atoms with Gasteiger partial charge in [0, 0.05) is 22.0 Å². The summed E-state index contributed by atoms with van der Waals surface area (Å²) in [7, 11) is 1.52. The summed E-state index contributed by atoms with van der Waals surface area (Å²) in [6.07, 6.45) is 6.26. The van der Waals surface area contributed by atoms with Crippen molar-refractivity contribution in [3.8, 4) is 11.3 Å². The predicted octanol–water partition coefficient (Wildman–Crippen LogP) is 6.16. The monoisotopic (exact) mass is 377 g/mol. The van der Waals surface area contributed by atoms with Gasteiger partial charge in [0.15, 0.2) is 5.78 Å². The number of ketones is 1. The summed E-state index contributed by atoms with van der Waals surface area (Å²) < 4.78 is 0. The van der Waals surface area contributed by atoms with Crippen molar-refractivity contribution in [2.24, 2.45) is 0 Å². The molecule has 4 nitrogen and oxygen atoms in total. The lowest BCUT2D eigenvalue weighted by molar-refractivity contribution is -0.282. The first kappa shape index (κ1) is 18.9. The number of hydrogen-bond donors (Lipinski definition) is 1. The zero-order valence-electron chi connectivity index (χ0n) is 16.6. The second-order valence-electron chi connectivity index (χ2n) is 7.66. The number of hydrogen-bond acceptors (Lipinski definition) is 3. The van der Waals surface area contributed by atoms with Crippen molar-refractivity contribution in [3.05, 3.63) is 59.2 Å². The number of benzene rings is 2. The van der Waals surface area contributed by atoms with Gasteiger partial charge >= 0.3 is 0 Å². The van der Waals surface area contributed by atoms with Crippen molar-refractivity contribution >= 4 is 16.7 Å². The van der Waals surface area contributed by atoms with E-state index in [1.807, 2.05) is 18.2 Å². The first-order valence-corrected chi connectivity index (χ1v) is 10.1. The second kappa shape index (κ2) is 8.29. The molecule has 0 unspecified atom stereocenters. The summed E-state index contributed by atoms with van der Waals surface area (Å²) in [5.74, 6) is 0.622. The van der Waals surface area contributed by atoms with Crippen molar-refractivity contribution in [1.82, 2.24) is 4.98 Å². The summed E-state index contributed by atoms with van der Waals surface area (Å²) in [5.41, 5.74) is 6.37. The molecule has 1 aliphatic carbocycles. The van der Waals surface area contributed by atoms with Gasteiger partial charge in [-0.25, -0.2) is 9.78 Å². The number of aromatic amines is 1. The van der Waals surface area contributed by atoms with E-state index >= 15 is 0 Å². The van der Waals surface area contributed by atoms with Crippen LogP contribution < -0.4 is 0 Å². The smallest absolute Gasteiger partial charge is 0.160 e. The molecule has 1 heterocycles. The fourth-order valence-corrected chi connectivity index (χ4v) is 4.52. The Kier molecular flexibility index (Phi) is 5.60. The lowest BCUT2D eigenvalue weighted by Crippen LogP contribution is -2.06. The molecule has 0 aliphatic heterocycles. The molecule has 0 saturated heterocycles. The first-order chi connectivity index (χ1) is 13.7. The van der Waals surface area contributed by atoms with Crippen LogP contribution in [0.15, 0.2) is 42.5 Å². The number of rotatable bonds is 6. The normalized spacial score (nSPS) is 15.2. The fourth-order valence-electron chi connectivity index (χ4n) is 4.52. The van der Waals surface area contributed by atoms with Crippen LogP contribution in [0.25, 0.3) is 22.2 Å². The molecule has 28 heavy (non-hydrogen) atoms. The van der Waals surface area contributed by atoms with E-state index in [1.54, 1.807) is 6.92 Å². The van der Waals surface area contributed by atoms with Crippen LogP contribution in [0.2, 0.25) is 0 Å². The van der Waals surface area contributed by atoms with E-state index in [0.717, 1.165) is 27.9 Å². The summed E-state index contributed by atoms with van der Waals surface area (Å²) in [6.45, 7) is 2.05. The van der Waals surface area contributed by atoms with Crippen LogP contribution in [-0.2, 0) is 16.4 Å². The molecule has 3 aromatic rings. The van der Waals surface area contributed by atoms with E-state index in [9.17, 15) is 4.79 Å². The number of fused-ring (bicyclic) bond motifs is 1. The number of Topliss-reactive ketones (excluding diaryl/α,β-unsaturated/α-hetero) is 1. The average molecular weight is 377 g/mol. The van der Waals surface area contributed by atoms with E-state index < -0.39 is 0 Å². The highest BCUT2D eigenvalue weighted by Gasteiger charge is 2.25. The zero-order valence-corrected chi connectivity index (χ0v) is 16.6. The van der Waals surface area contributed by atoms with Crippen molar-refractivity contribution < 1.29 is 14.6 Å². The van der Waals surface area contributed by atoms with Crippen molar-refractivity contribution in [1.29, 1.82) is 0 Å². The summed E-state index contributed by atoms with van der Waals surface area (Å²) >= 11 is 0. The lowest BCUT2D eigenvalue weighted by atomic mass is 9.81. The molecule has 2 aromatic carbocycles. The Hall–Kier alpha value is -2.43. The molecule has 0 amide bonds. The van der Waals surface area contributed by atoms with Gasteiger partial charge in [0.05, 0.1) is 12.8 Å². The Labute approximate surface area is 165 Å². The predicted molar refractivity (Wildman–Crippen MR) is 111 cm³/mol. The number of carbonyl (C=O) groups excluding carboxylic acids is 1. The second-order valence-corrected chi connectivity index (χ2v) is 7.66. The molecule has 0 radical (unpaired) electrons. The van der Waals surface area contributed by atoms with Gasteiger partial charge in [-0.15, -0.1) is 0 Å². The molecule has 4 heteroatoms. The molecule has 0 spiro atoms. The van der Waals surface area contributed by atoms with Crippen molar-refractivity contribution in [3.63, 3.8) is 0 Å². The summed E-state index contributed by atoms with van der Waals surface area (Å²) in [4.78, 5) is 25.8. The minimum Gasteiger partial charge on any atom is -0.354 e. The highest BCUT2D eigenvalue weighted by Crippen LogP contribution is 2.43. The molecule has 0 atom stereocenters. The van der Waals surface area contributed by atoms with Gasteiger partial charge in [0.1, 0.15) is 6.61 Å². The molecule has 146 valence electrons. The molecule has 4 rings (SSSR count). The van der Waals surface area contributed by atoms with E-state index in [0.29, 0.717) is 12.5 Å². The van der Waals surface area contributed by atoms with Gasteiger partial charge < -0.3 is 4.98 Å². The van der Waals surface area contributed by atoms with Crippen LogP contribution in [0.1, 0.15) is 66.4 Å². The van der Waals surface area contributed by atoms with Crippen molar-refractivity contribution in [2.75, 3.05) is 7.11 Å². The fraction of sp³-hybridized carbons (Fsp3) is 0.375. The molecule has 0 bridgehead atoms. The molecule has 1 aliphatic rings. The van der Waals surface area contributed by atoms with Gasteiger partial charge in [-0.05, 0) is 42.9 Å². The van der Waals surface area contributed by atoms with Gasteiger partial charge in [0.25, 0.3) is 0 Å². The summed E-state index contributed by atoms with van der Waals surface area (Å²) in [6, 6.07) is 14.3. The third-order valence-corrected chi connectivity index (χ3v) is 5.84. The maximum atomic E-state index is 12.3. The van der Waals surface area contributed by atoms with Crippen LogP contribution in [0.3, 0.4) is 0 Å². The quantitative estimate of drug-likeness (QED) is 0.318. The molecular weight excluding hydrogens is 350 g/mol. The minimum atomic E-state index is 0.0954. The molecule has 1 N–H and O–H groups in total. The Balaban J connectivity index is 1.89. The van der Waals surface area contributed by atoms with E-state index in [4.69, 9.17) is 9.78 Å². The SMILES string of the molecule is COOCc1ccc2c(C3CCCCC3)c(-c3ccccc3C(C)=O)[nH]c2c1. The number of nitrogens with one attached hydrogen (secondary N) is 1. The van der Waals surface area contributed by atoms with Gasteiger partial charge in [-0.2, -0.15) is 0 Å². The molecular formula is C24H27NO3. The van der Waals surface area contributed by atoms with Crippen molar-refractivity contribution in [2.45, 2.75) is 51.6 Å². The minimum absolute atomic E-state index is 0.0954. The standard InChI is InChI=1S/C24H27NO3/c1-16(26)19-10-6-7-11-20(19)24-23(18-8-4-3-5-9-18)21-13-12-17(15-28-27-2)14-22(21)25-24/h6-7,10-14,18,25H,3-5,8-9,15H2,1-2H3. The lowest BCUT2D eigenvalue weighted by Gasteiger charge is -2.23. The van der Waals surface area contributed by atoms with E-state index in [2.05, 4.69) is 29.2 Å². The van der Waals surface area contributed by atoms with E-state index in [1.165, 1.54) is 50.2 Å². The first-order valence-electron chi connectivity index (χ1n) is 10.1. The zero-order chi connectivity index (χ0) is 19.5. The molecule has 1 saturated carbocycles. The van der Waals surface area contributed by atoms with Crippen LogP contribution >= 0.6 is 0 Å². The maximum absolute atomic E-state index is 12.3. The third kappa shape index (κ3) is 3.62. The van der Waals surface area contributed by atoms with E-state index in [-0.39, 0.29) is 5.78 Å². The Morgan fingerprint density at radius 2 is 1.89 bits per heavy atom. The maximum Gasteiger partial charge on any atom is 0.160 e. The third-order valence-electron chi connectivity index (χ3n) is 5.84. The highest BCUT2D eigenvalue weighted by atomic mass is 17.2. The largest absolute Gasteiger partial charge is 0.354 e. The van der Waals surface area contributed by atoms with Crippen LogP contribution in [0.4, 0.5) is 0 Å². The average Bonchev–Trinajstić information content (AvgIpc) is 3.11. The number of carbonyl (C=O) groups is 1. The van der Waals surface area contributed by atoms with Crippen LogP contribution in [0, 0.1) is 0 Å². The Morgan fingerprint density at radius 3 is 2.64 bits per heavy atom. The van der Waals surface area contributed by atoms with Gasteiger partial charge in [-0.1, -0.05) is 55.7 Å². The topological polar surface area (TPSA) is 51.3 Å². The molecule has 1 fully saturated rings. The Morgan fingerprint density at radius 1 is 1.11 bits per heavy atom. The van der Waals surface area contributed by atoms with Gasteiger partial charge in [-0.3, -0.25) is 4.79 Å². The highest BCUT2D eigenvalue weighted by molar-refractivity contribution is 6.03. The van der Waals surface area contributed by atoms with Crippen LogP contribution in [-0.4, -0.2) is 17.9 Å². The number of aromatic nitrogens is 1. The Bertz CT molecular complexity index is 983. The van der Waals surface area contributed by atoms with Gasteiger partial charge in [0.2, 0.25) is 0 Å². The van der Waals surface area contributed by atoms with Crippen LogP contribution in [0.5, 0.6) is 0 Å². The summed E-state index contributed by atoms with van der Waals surface area (Å²) in [5, 5.41) is 1.25. The molecule has 1 aromatic heterocycles. The number of H-pyrrole nitrogens is 1.